The molecule has 1 aliphatic heterocycles. The van der Waals surface area contributed by atoms with Crippen molar-refractivity contribution in [3.05, 3.63) is 63.8 Å². The van der Waals surface area contributed by atoms with E-state index in [0.717, 1.165) is 59.7 Å². The molecule has 33 heavy (non-hydrogen) atoms. The van der Waals surface area contributed by atoms with Crippen molar-refractivity contribution in [2.45, 2.75) is 63.3 Å². The minimum absolute atomic E-state index is 0.0584. The van der Waals surface area contributed by atoms with Crippen LogP contribution in [0.3, 0.4) is 0 Å². The molecule has 0 unspecified atom stereocenters. The summed E-state index contributed by atoms with van der Waals surface area (Å²) in [6, 6.07) is 12.2. The summed E-state index contributed by atoms with van der Waals surface area (Å²) in [5.41, 5.74) is 5.05. The molecule has 1 aromatic heterocycles. The number of aromatic amines is 1. The number of phenolic OH excluding ortho intramolecular Hbond substituents is 1. The topological polar surface area (TPSA) is 80.1 Å². The van der Waals surface area contributed by atoms with Crippen LogP contribution in [0.5, 0.6) is 5.75 Å². The third-order valence-electron chi connectivity index (χ3n) is 8.43. The van der Waals surface area contributed by atoms with E-state index in [4.69, 9.17) is 0 Å². The normalized spacial score (nSPS) is 20.8. The molecule has 2 fully saturated rings. The second-order valence-corrected chi connectivity index (χ2v) is 10.6. The summed E-state index contributed by atoms with van der Waals surface area (Å²) in [6.45, 7) is 6.44. The van der Waals surface area contributed by atoms with Crippen molar-refractivity contribution in [3.63, 3.8) is 0 Å². The van der Waals surface area contributed by atoms with Crippen LogP contribution in [0.25, 0.3) is 10.9 Å². The van der Waals surface area contributed by atoms with E-state index in [0.29, 0.717) is 22.6 Å². The number of hydrogen-bond acceptors (Lipinski definition) is 4. The van der Waals surface area contributed by atoms with Gasteiger partial charge in [-0.25, -0.2) is 0 Å². The number of nitrogens with one attached hydrogen (secondary N) is 1. The van der Waals surface area contributed by atoms with E-state index in [1.807, 2.05) is 6.07 Å². The highest BCUT2D eigenvalue weighted by atomic mass is 16.3. The molecule has 0 amide bonds. The molecule has 6 rings (SSSR count). The van der Waals surface area contributed by atoms with Crippen molar-refractivity contribution >= 4 is 16.7 Å². The molecule has 2 heterocycles. The molecule has 3 aromatic rings. The number of aromatic nitrogens is 1. The second-order valence-electron chi connectivity index (χ2n) is 10.6. The van der Waals surface area contributed by atoms with Crippen molar-refractivity contribution < 1.29 is 9.90 Å². The number of fused-ring (bicyclic) bond motifs is 4. The summed E-state index contributed by atoms with van der Waals surface area (Å²) in [5, 5.41) is 21.1. The fourth-order valence-corrected chi connectivity index (χ4v) is 6.21. The lowest BCUT2D eigenvalue weighted by Crippen LogP contribution is -2.44. The SMILES string of the molecule is CC1(C)c2cc(C3CCN(C4CCC4)CC3)c(O)cc2C(=O)c2c1[nH]c1cc(C#N)ccc21. The predicted molar refractivity (Wildman–Crippen MR) is 128 cm³/mol. The fourth-order valence-electron chi connectivity index (χ4n) is 6.21. The van der Waals surface area contributed by atoms with E-state index < -0.39 is 5.41 Å². The Morgan fingerprint density at radius 2 is 1.88 bits per heavy atom. The molecule has 2 aromatic carbocycles. The molecule has 2 N–H and O–H groups in total. The Balaban J connectivity index is 1.40. The number of H-pyrrole nitrogens is 1. The van der Waals surface area contributed by atoms with Gasteiger partial charge in [0.15, 0.2) is 5.78 Å². The predicted octanol–water partition coefficient (Wildman–Crippen LogP) is 5.35. The van der Waals surface area contributed by atoms with Gasteiger partial charge in [-0.15, -0.1) is 0 Å². The lowest BCUT2D eigenvalue weighted by molar-refractivity contribution is 0.0971. The highest BCUT2D eigenvalue weighted by molar-refractivity contribution is 6.20. The molecule has 1 saturated carbocycles. The molecule has 2 aliphatic carbocycles. The first kappa shape index (κ1) is 20.5. The molecule has 0 radical (unpaired) electrons. The number of rotatable bonds is 2. The Labute approximate surface area is 194 Å². The highest BCUT2D eigenvalue weighted by Crippen LogP contribution is 2.47. The van der Waals surface area contributed by atoms with Gasteiger partial charge in [-0.05, 0) is 74.0 Å². The molecule has 0 spiro atoms. The Bertz CT molecular complexity index is 1330. The quantitative estimate of drug-likeness (QED) is 0.564. The average molecular weight is 440 g/mol. The van der Waals surface area contributed by atoms with Crippen LogP contribution < -0.4 is 0 Å². The summed E-state index contributed by atoms with van der Waals surface area (Å²) >= 11 is 0. The Morgan fingerprint density at radius 1 is 1.12 bits per heavy atom. The fraction of sp³-hybridized carbons (Fsp3) is 0.429. The van der Waals surface area contributed by atoms with E-state index in [2.05, 4.69) is 35.9 Å². The Hall–Kier alpha value is -3.10. The Kier molecular flexibility index (Phi) is 4.47. The van der Waals surface area contributed by atoms with Gasteiger partial charge in [-0.3, -0.25) is 4.79 Å². The van der Waals surface area contributed by atoms with E-state index >= 15 is 0 Å². The third kappa shape index (κ3) is 2.97. The lowest BCUT2D eigenvalue weighted by atomic mass is 9.70. The van der Waals surface area contributed by atoms with Gasteiger partial charge in [0, 0.05) is 33.6 Å². The Morgan fingerprint density at radius 3 is 2.55 bits per heavy atom. The van der Waals surface area contributed by atoms with Crippen LogP contribution in [0.1, 0.15) is 90.2 Å². The number of benzene rings is 2. The lowest BCUT2D eigenvalue weighted by Gasteiger charge is -2.42. The maximum Gasteiger partial charge on any atom is 0.195 e. The number of hydrogen-bond donors (Lipinski definition) is 2. The molecule has 5 heteroatoms. The first-order valence-electron chi connectivity index (χ1n) is 12.1. The van der Waals surface area contributed by atoms with Crippen molar-refractivity contribution in [1.29, 1.82) is 5.26 Å². The largest absolute Gasteiger partial charge is 0.508 e. The summed E-state index contributed by atoms with van der Waals surface area (Å²) < 4.78 is 0. The monoisotopic (exact) mass is 439 g/mol. The number of likely N-dealkylation sites (tertiary alicyclic amines) is 1. The first-order valence-corrected chi connectivity index (χ1v) is 12.1. The van der Waals surface area contributed by atoms with Crippen molar-refractivity contribution in [3.8, 4) is 11.8 Å². The van der Waals surface area contributed by atoms with E-state index in [1.54, 1.807) is 18.2 Å². The zero-order valence-electron chi connectivity index (χ0n) is 19.2. The molecular weight excluding hydrogens is 410 g/mol. The van der Waals surface area contributed by atoms with Crippen LogP contribution in [-0.4, -0.2) is 39.9 Å². The molecule has 0 atom stereocenters. The van der Waals surface area contributed by atoms with Crippen molar-refractivity contribution in [1.82, 2.24) is 9.88 Å². The smallest absolute Gasteiger partial charge is 0.195 e. The minimum Gasteiger partial charge on any atom is -0.508 e. The number of nitrogens with zero attached hydrogens (tertiary/aromatic N) is 2. The molecule has 0 bridgehead atoms. The molecule has 1 saturated heterocycles. The number of carbonyl (C=O) groups is 1. The number of phenols is 1. The van der Waals surface area contributed by atoms with Gasteiger partial charge in [0.25, 0.3) is 0 Å². The summed E-state index contributed by atoms with van der Waals surface area (Å²) in [5.74, 6) is 0.506. The zero-order valence-corrected chi connectivity index (χ0v) is 19.2. The number of piperidine rings is 1. The number of nitriles is 1. The number of aromatic hydroxyl groups is 1. The zero-order chi connectivity index (χ0) is 22.9. The van der Waals surface area contributed by atoms with E-state index in [1.165, 1.54) is 19.3 Å². The standard InChI is InChI=1S/C28H29N3O2/c1-28(2)22-13-20(17-8-10-31(11-9-17)18-4-3-5-18)24(32)14-21(22)26(33)25-19-7-6-16(15-29)12-23(19)30-27(25)28/h6-7,12-14,17-18,30,32H,3-5,8-11H2,1-2H3. The van der Waals surface area contributed by atoms with Gasteiger partial charge >= 0.3 is 0 Å². The maximum atomic E-state index is 13.6. The number of carbonyl (C=O) groups excluding carboxylic acids is 1. The van der Waals surface area contributed by atoms with Crippen LogP contribution in [-0.2, 0) is 5.41 Å². The second kappa shape index (κ2) is 7.20. The van der Waals surface area contributed by atoms with Gasteiger partial charge in [0.1, 0.15) is 5.75 Å². The van der Waals surface area contributed by atoms with Crippen LogP contribution >= 0.6 is 0 Å². The van der Waals surface area contributed by atoms with Gasteiger partial charge in [-0.2, -0.15) is 5.26 Å². The average Bonchev–Trinajstić information content (AvgIpc) is 3.17. The maximum absolute atomic E-state index is 13.6. The van der Waals surface area contributed by atoms with Crippen LogP contribution in [0.15, 0.2) is 30.3 Å². The molecule has 168 valence electrons. The van der Waals surface area contributed by atoms with Gasteiger partial charge < -0.3 is 15.0 Å². The van der Waals surface area contributed by atoms with Crippen molar-refractivity contribution in [2.75, 3.05) is 13.1 Å². The van der Waals surface area contributed by atoms with Crippen LogP contribution in [0.2, 0.25) is 0 Å². The molecular formula is C28H29N3O2. The first-order chi connectivity index (χ1) is 15.9. The van der Waals surface area contributed by atoms with Gasteiger partial charge in [-0.1, -0.05) is 32.4 Å². The highest BCUT2D eigenvalue weighted by Gasteiger charge is 2.41. The van der Waals surface area contributed by atoms with Gasteiger partial charge in [0.2, 0.25) is 0 Å². The van der Waals surface area contributed by atoms with E-state index in [-0.39, 0.29) is 11.5 Å². The summed E-state index contributed by atoms with van der Waals surface area (Å²) in [7, 11) is 0. The molecule has 5 nitrogen and oxygen atoms in total. The summed E-state index contributed by atoms with van der Waals surface area (Å²) in [4.78, 5) is 19.7. The van der Waals surface area contributed by atoms with Crippen LogP contribution in [0.4, 0.5) is 0 Å². The van der Waals surface area contributed by atoms with E-state index in [9.17, 15) is 15.2 Å². The number of ketones is 1. The van der Waals surface area contributed by atoms with Crippen molar-refractivity contribution in [2.24, 2.45) is 0 Å². The third-order valence-corrected chi connectivity index (χ3v) is 8.43. The van der Waals surface area contributed by atoms with Crippen LogP contribution in [0, 0.1) is 11.3 Å². The molecule has 3 aliphatic rings. The summed E-state index contributed by atoms with van der Waals surface area (Å²) in [6.07, 6.45) is 6.10. The van der Waals surface area contributed by atoms with Gasteiger partial charge in [0.05, 0.1) is 17.2 Å². The minimum atomic E-state index is -0.417.